The predicted molar refractivity (Wildman–Crippen MR) is 95.8 cm³/mol. The average molecular weight is 317 g/mol. The molecule has 3 aromatic heterocycles. The van der Waals surface area contributed by atoms with Gasteiger partial charge in [0.25, 0.3) is 0 Å². The Balaban J connectivity index is 1.86. The Morgan fingerprint density at radius 1 is 1.04 bits per heavy atom. The van der Waals surface area contributed by atoms with Crippen LogP contribution in [0.25, 0.3) is 33.3 Å². The summed E-state index contributed by atoms with van der Waals surface area (Å²) >= 11 is 0. The van der Waals surface area contributed by atoms with Crippen LogP contribution in [-0.2, 0) is 6.42 Å². The summed E-state index contributed by atoms with van der Waals surface area (Å²) in [5.41, 5.74) is 5.63. The Morgan fingerprint density at radius 3 is 2.75 bits per heavy atom. The van der Waals surface area contributed by atoms with Gasteiger partial charge in [0.15, 0.2) is 0 Å². The van der Waals surface area contributed by atoms with Crippen LogP contribution < -0.4 is 0 Å². The van der Waals surface area contributed by atoms with E-state index in [-0.39, 0.29) is 0 Å². The maximum absolute atomic E-state index is 5.91. The first-order valence-corrected chi connectivity index (χ1v) is 8.21. The molecule has 0 atom stereocenters. The van der Waals surface area contributed by atoms with Crippen molar-refractivity contribution in [3.8, 4) is 11.3 Å². The van der Waals surface area contributed by atoms with Crippen LogP contribution in [0.15, 0.2) is 47.3 Å². The third-order valence-corrected chi connectivity index (χ3v) is 4.19. The lowest BCUT2D eigenvalue weighted by Crippen LogP contribution is -1.98. The fraction of sp³-hybridized carbons (Fsp3) is 0.250. The summed E-state index contributed by atoms with van der Waals surface area (Å²) in [5.74, 6) is 0.564. The quantitative estimate of drug-likeness (QED) is 0.537. The summed E-state index contributed by atoms with van der Waals surface area (Å²) in [7, 11) is 0. The molecule has 3 heterocycles. The zero-order valence-corrected chi connectivity index (χ0v) is 14.1. The van der Waals surface area contributed by atoms with Crippen LogP contribution in [0.3, 0.4) is 0 Å². The fourth-order valence-electron chi connectivity index (χ4n) is 3.05. The molecule has 0 saturated heterocycles. The largest absolute Gasteiger partial charge is 0.437 e. The second-order valence-electron chi connectivity index (χ2n) is 6.62. The van der Waals surface area contributed by atoms with E-state index in [1.165, 1.54) is 0 Å². The molecule has 4 nitrogen and oxygen atoms in total. The van der Waals surface area contributed by atoms with Crippen LogP contribution in [-0.4, -0.2) is 15.0 Å². The summed E-state index contributed by atoms with van der Waals surface area (Å²) in [6, 6.07) is 10.3. The minimum atomic E-state index is 0.564. The van der Waals surface area contributed by atoms with Crippen molar-refractivity contribution in [2.24, 2.45) is 5.92 Å². The van der Waals surface area contributed by atoms with Crippen LogP contribution in [0, 0.1) is 12.8 Å². The summed E-state index contributed by atoms with van der Waals surface area (Å²) in [6.45, 7) is 6.43. The summed E-state index contributed by atoms with van der Waals surface area (Å²) in [4.78, 5) is 13.3. The molecule has 1 aromatic carbocycles. The van der Waals surface area contributed by atoms with Gasteiger partial charge in [0.1, 0.15) is 11.9 Å². The molecule has 0 amide bonds. The Kier molecular flexibility index (Phi) is 3.53. The van der Waals surface area contributed by atoms with E-state index in [9.17, 15) is 0 Å². The van der Waals surface area contributed by atoms with Gasteiger partial charge < -0.3 is 4.42 Å². The van der Waals surface area contributed by atoms with Crippen molar-refractivity contribution in [1.29, 1.82) is 0 Å². The number of rotatable bonds is 3. The van der Waals surface area contributed by atoms with Crippen molar-refractivity contribution in [3.63, 3.8) is 0 Å². The number of aryl methyl sites for hydroxylation is 1. The summed E-state index contributed by atoms with van der Waals surface area (Å²) < 4.78 is 5.91. The molecule has 0 unspecified atom stereocenters. The molecule has 4 aromatic rings. The average Bonchev–Trinajstić information content (AvgIpc) is 2.94. The number of pyridine rings is 1. The first-order valence-electron chi connectivity index (χ1n) is 8.21. The first-order chi connectivity index (χ1) is 11.6. The van der Waals surface area contributed by atoms with E-state index >= 15 is 0 Å². The van der Waals surface area contributed by atoms with Crippen molar-refractivity contribution in [2.45, 2.75) is 27.2 Å². The van der Waals surface area contributed by atoms with E-state index < -0.39 is 0 Å². The zero-order chi connectivity index (χ0) is 16.7. The number of benzene rings is 1. The molecule has 0 N–H and O–H groups in total. The van der Waals surface area contributed by atoms with Gasteiger partial charge in [-0.25, -0.2) is 15.0 Å². The highest BCUT2D eigenvalue weighted by Gasteiger charge is 2.12. The molecule has 0 saturated carbocycles. The van der Waals surface area contributed by atoms with E-state index in [4.69, 9.17) is 4.42 Å². The molecule has 0 fully saturated rings. The number of hydrogen-bond acceptors (Lipinski definition) is 4. The van der Waals surface area contributed by atoms with E-state index in [2.05, 4.69) is 47.0 Å². The van der Waals surface area contributed by atoms with Crippen LogP contribution in [0.5, 0.6) is 0 Å². The number of aromatic nitrogens is 3. The Labute approximate surface area is 140 Å². The number of furan rings is 1. The Morgan fingerprint density at radius 2 is 1.92 bits per heavy atom. The third-order valence-electron chi connectivity index (χ3n) is 4.19. The predicted octanol–water partition coefficient (Wildman–Crippen LogP) is 4.94. The van der Waals surface area contributed by atoms with Gasteiger partial charge in [-0.3, -0.25) is 0 Å². The maximum Gasteiger partial charge on any atom is 0.227 e. The highest BCUT2D eigenvalue weighted by Crippen LogP contribution is 2.31. The van der Waals surface area contributed by atoms with E-state index in [0.717, 1.165) is 45.3 Å². The van der Waals surface area contributed by atoms with Gasteiger partial charge in [-0.1, -0.05) is 32.0 Å². The molecular weight excluding hydrogens is 298 g/mol. The second kappa shape index (κ2) is 5.71. The smallest absolute Gasteiger partial charge is 0.227 e. The second-order valence-corrected chi connectivity index (χ2v) is 6.62. The molecule has 4 heteroatoms. The first kappa shape index (κ1) is 14.8. The standard InChI is InChI=1S/C20H19N3O/c1-12(2)7-15-9-18(23-11-22-15)14-8-17-16-6-4-5-13(3)19(16)24-20(17)21-10-14/h4-6,8-12H,7H2,1-3H3. The van der Waals surface area contributed by atoms with Crippen LogP contribution in [0.4, 0.5) is 0 Å². The molecule has 0 aliphatic rings. The SMILES string of the molecule is Cc1cccc2c1oc1ncc(-c3cc(CC(C)C)ncn3)cc12. The van der Waals surface area contributed by atoms with Gasteiger partial charge in [0, 0.05) is 28.2 Å². The molecule has 0 radical (unpaired) electrons. The van der Waals surface area contributed by atoms with Crippen LogP contribution >= 0.6 is 0 Å². The lowest BCUT2D eigenvalue weighted by Gasteiger charge is -2.06. The van der Waals surface area contributed by atoms with Gasteiger partial charge >= 0.3 is 0 Å². The topological polar surface area (TPSA) is 51.8 Å². The van der Waals surface area contributed by atoms with E-state index in [0.29, 0.717) is 11.6 Å². The molecule has 0 aliphatic heterocycles. The molecule has 120 valence electrons. The Bertz CT molecular complexity index is 1030. The molecule has 0 aliphatic carbocycles. The summed E-state index contributed by atoms with van der Waals surface area (Å²) in [5, 5.41) is 2.12. The van der Waals surface area contributed by atoms with Crippen molar-refractivity contribution >= 4 is 22.1 Å². The van der Waals surface area contributed by atoms with Crippen molar-refractivity contribution in [1.82, 2.24) is 15.0 Å². The third kappa shape index (κ3) is 2.54. The molecule has 4 rings (SSSR count). The minimum Gasteiger partial charge on any atom is -0.437 e. The van der Waals surface area contributed by atoms with E-state index in [1.54, 1.807) is 6.33 Å². The highest BCUT2D eigenvalue weighted by molar-refractivity contribution is 6.05. The van der Waals surface area contributed by atoms with Crippen molar-refractivity contribution < 1.29 is 4.42 Å². The maximum atomic E-state index is 5.91. The molecule has 0 bridgehead atoms. The number of fused-ring (bicyclic) bond motifs is 3. The number of hydrogen-bond donors (Lipinski definition) is 0. The number of nitrogens with zero attached hydrogens (tertiary/aromatic N) is 3. The minimum absolute atomic E-state index is 0.564. The monoisotopic (exact) mass is 317 g/mol. The number of para-hydroxylation sites is 1. The molecule has 24 heavy (non-hydrogen) atoms. The highest BCUT2D eigenvalue weighted by atomic mass is 16.3. The lowest BCUT2D eigenvalue weighted by atomic mass is 10.1. The van der Waals surface area contributed by atoms with Gasteiger partial charge in [-0.2, -0.15) is 0 Å². The van der Waals surface area contributed by atoms with E-state index in [1.807, 2.05) is 25.3 Å². The van der Waals surface area contributed by atoms with Gasteiger partial charge in [-0.15, -0.1) is 0 Å². The van der Waals surface area contributed by atoms with Crippen LogP contribution in [0.2, 0.25) is 0 Å². The van der Waals surface area contributed by atoms with Gasteiger partial charge in [0.2, 0.25) is 5.71 Å². The van der Waals surface area contributed by atoms with Crippen LogP contribution in [0.1, 0.15) is 25.1 Å². The summed E-state index contributed by atoms with van der Waals surface area (Å²) in [6.07, 6.45) is 4.40. The van der Waals surface area contributed by atoms with Crippen molar-refractivity contribution in [2.75, 3.05) is 0 Å². The Hall–Kier alpha value is -2.75. The fourth-order valence-corrected chi connectivity index (χ4v) is 3.05. The lowest BCUT2D eigenvalue weighted by molar-refractivity contribution is 0.634. The van der Waals surface area contributed by atoms with Gasteiger partial charge in [-0.05, 0) is 37.0 Å². The molecular formula is C20H19N3O. The normalized spacial score (nSPS) is 11.7. The van der Waals surface area contributed by atoms with Crippen molar-refractivity contribution in [3.05, 3.63) is 54.1 Å². The molecule has 0 spiro atoms. The zero-order valence-electron chi connectivity index (χ0n) is 14.1. The van der Waals surface area contributed by atoms with Gasteiger partial charge in [0.05, 0.1) is 5.69 Å².